The standard InChI is InChI=1S/C22H39ClFN5O/c1-13-5-7-14(8-6-13)18-12-19(29-28-18)25-21(27-22(2,3)4)26-20(30)15-9-10-16(23)17(24)11-15/h13-19,28-29H,5-12H2,1-4H3,(H2,25,26,27,30). The highest BCUT2D eigenvalue weighted by Gasteiger charge is 2.35. The van der Waals surface area contributed by atoms with Crippen LogP contribution in [-0.2, 0) is 4.79 Å². The fourth-order valence-electron chi connectivity index (χ4n) is 4.79. The lowest BCUT2D eigenvalue weighted by Gasteiger charge is -2.30. The van der Waals surface area contributed by atoms with Gasteiger partial charge >= 0.3 is 0 Å². The quantitative estimate of drug-likeness (QED) is 0.305. The van der Waals surface area contributed by atoms with Gasteiger partial charge in [0.15, 0.2) is 5.96 Å². The summed E-state index contributed by atoms with van der Waals surface area (Å²) in [6.07, 6.45) is 6.07. The Kier molecular flexibility index (Phi) is 8.02. The van der Waals surface area contributed by atoms with Crippen LogP contribution in [0.3, 0.4) is 0 Å². The molecular weight excluding hydrogens is 405 g/mol. The molecule has 3 rings (SSSR count). The molecule has 1 saturated heterocycles. The van der Waals surface area contributed by atoms with Gasteiger partial charge in [-0.15, -0.1) is 11.6 Å². The number of hydrazine groups is 1. The number of amides is 1. The lowest BCUT2D eigenvalue weighted by atomic mass is 9.79. The highest BCUT2D eigenvalue weighted by atomic mass is 35.5. The molecule has 1 aliphatic heterocycles. The van der Waals surface area contributed by atoms with Gasteiger partial charge in [-0.25, -0.2) is 14.8 Å². The Morgan fingerprint density at radius 3 is 2.40 bits per heavy atom. The van der Waals surface area contributed by atoms with E-state index in [0.29, 0.717) is 30.8 Å². The zero-order chi connectivity index (χ0) is 21.9. The van der Waals surface area contributed by atoms with Gasteiger partial charge in [-0.1, -0.05) is 19.8 Å². The number of rotatable bonds is 3. The van der Waals surface area contributed by atoms with Crippen molar-refractivity contribution in [3.63, 3.8) is 0 Å². The molecule has 1 heterocycles. The van der Waals surface area contributed by atoms with E-state index >= 15 is 0 Å². The molecule has 6 nitrogen and oxygen atoms in total. The van der Waals surface area contributed by atoms with E-state index in [-0.39, 0.29) is 30.0 Å². The van der Waals surface area contributed by atoms with Crippen molar-refractivity contribution in [1.29, 1.82) is 0 Å². The average Bonchev–Trinajstić information content (AvgIpc) is 3.11. The zero-order valence-corrected chi connectivity index (χ0v) is 19.6. The van der Waals surface area contributed by atoms with E-state index < -0.39 is 11.5 Å². The largest absolute Gasteiger partial charge is 0.351 e. The van der Waals surface area contributed by atoms with Crippen LogP contribution >= 0.6 is 11.6 Å². The molecule has 0 aromatic rings. The third-order valence-electron chi connectivity index (χ3n) is 6.63. The van der Waals surface area contributed by atoms with Crippen LogP contribution in [0.4, 0.5) is 4.39 Å². The van der Waals surface area contributed by atoms with Gasteiger partial charge in [0.05, 0.1) is 5.38 Å². The van der Waals surface area contributed by atoms with Crippen molar-refractivity contribution in [1.82, 2.24) is 21.5 Å². The van der Waals surface area contributed by atoms with Crippen LogP contribution in [0, 0.1) is 17.8 Å². The summed E-state index contributed by atoms with van der Waals surface area (Å²) in [7, 11) is 0. The number of hydrogen-bond donors (Lipinski definition) is 4. The third-order valence-corrected chi connectivity index (χ3v) is 7.12. The molecule has 172 valence electrons. The second kappa shape index (κ2) is 10.1. The monoisotopic (exact) mass is 443 g/mol. The molecule has 30 heavy (non-hydrogen) atoms. The van der Waals surface area contributed by atoms with E-state index in [0.717, 1.165) is 12.3 Å². The van der Waals surface area contributed by atoms with Crippen molar-refractivity contribution in [3.05, 3.63) is 0 Å². The number of halogens is 2. The van der Waals surface area contributed by atoms with E-state index in [2.05, 4.69) is 28.4 Å². The molecule has 2 aliphatic carbocycles. The van der Waals surface area contributed by atoms with Gasteiger partial charge in [-0.3, -0.25) is 15.5 Å². The fourth-order valence-corrected chi connectivity index (χ4v) is 5.02. The average molecular weight is 444 g/mol. The number of nitrogens with one attached hydrogen (secondary N) is 4. The Bertz CT molecular complexity index is 617. The molecule has 5 unspecified atom stereocenters. The van der Waals surface area contributed by atoms with E-state index in [1.165, 1.54) is 25.7 Å². The van der Waals surface area contributed by atoms with Gasteiger partial charge < -0.3 is 5.32 Å². The maximum atomic E-state index is 14.0. The van der Waals surface area contributed by atoms with Crippen molar-refractivity contribution >= 4 is 23.5 Å². The Labute approximate surface area is 185 Å². The highest BCUT2D eigenvalue weighted by molar-refractivity contribution is 6.21. The van der Waals surface area contributed by atoms with Crippen LogP contribution in [-0.4, -0.2) is 41.2 Å². The summed E-state index contributed by atoms with van der Waals surface area (Å²) >= 11 is 5.97. The molecule has 0 aromatic heterocycles. The van der Waals surface area contributed by atoms with E-state index in [1.54, 1.807) is 0 Å². The second-order valence-corrected chi connectivity index (χ2v) is 11.1. The predicted octanol–water partition coefficient (Wildman–Crippen LogP) is 3.61. The van der Waals surface area contributed by atoms with Crippen molar-refractivity contribution < 1.29 is 9.18 Å². The number of guanidine groups is 1. The van der Waals surface area contributed by atoms with Crippen LogP contribution < -0.4 is 21.5 Å². The molecular formula is C22H39ClFN5O. The van der Waals surface area contributed by atoms with Crippen molar-refractivity contribution in [2.75, 3.05) is 0 Å². The fraction of sp³-hybridized carbons (Fsp3) is 0.909. The first kappa shape index (κ1) is 23.7. The van der Waals surface area contributed by atoms with Gasteiger partial charge in [0.1, 0.15) is 12.3 Å². The molecule has 4 N–H and O–H groups in total. The summed E-state index contributed by atoms with van der Waals surface area (Å²) in [6.45, 7) is 8.41. The zero-order valence-electron chi connectivity index (χ0n) is 18.8. The molecule has 5 atom stereocenters. The minimum atomic E-state index is -1.13. The summed E-state index contributed by atoms with van der Waals surface area (Å²) in [5, 5.41) is 5.75. The number of carbonyl (C=O) groups is 1. The van der Waals surface area contributed by atoms with Crippen LogP contribution in [0.2, 0.25) is 0 Å². The van der Waals surface area contributed by atoms with Crippen molar-refractivity contribution in [2.24, 2.45) is 22.7 Å². The predicted molar refractivity (Wildman–Crippen MR) is 120 cm³/mol. The molecule has 8 heteroatoms. The SMILES string of the molecule is CC1CCC(C2CC(/N=C(/NC(=O)C3CCC(Cl)C(F)C3)NC(C)(C)C)NN2)CC1. The molecule has 0 bridgehead atoms. The first-order valence-corrected chi connectivity index (χ1v) is 12.0. The van der Waals surface area contributed by atoms with Crippen LogP contribution in [0.5, 0.6) is 0 Å². The van der Waals surface area contributed by atoms with Crippen molar-refractivity contribution in [2.45, 2.75) is 108 Å². The summed E-state index contributed by atoms with van der Waals surface area (Å²) in [5.41, 5.74) is 6.46. The molecule has 1 amide bonds. The van der Waals surface area contributed by atoms with E-state index in [9.17, 15) is 9.18 Å². The summed E-state index contributed by atoms with van der Waals surface area (Å²) < 4.78 is 14.0. The topological polar surface area (TPSA) is 77.5 Å². The summed E-state index contributed by atoms with van der Waals surface area (Å²) in [6, 6.07) is 0.407. The van der Waals surface area contributed by atoms with Gasteiger partial charge in [0, 0.05) is 23.9 Å². The second-order valence-electron chi connectivity index (χ2n) is 10.6. The van der Waals surface area contributed by atoms with Crippen LogP contribution in [0.15, 0.2) is 4.99 Å². The first-order valence-electron chi connectivity index (χ1n) is 11.6. The first-order chi connectivity index (χ1) is 14.1. The number of alkyl halides is 2. The van der Waals surface area contributed by atoms with Crippen molar-refractivity contribution in [3.8, 4) is 0 Å². The molecule has 3 fully saturated rings. The molecule has 0 aromatic carbocycles. The number of nitrogens with zero attached hydrogens (tertiary/aromatic N) is 1. The Morgan fingerprint density at radius 1 is 1.07 bits per heavy atom. The molecule has 2 saturated carbocycles. The maximum absolute atomic E-state index is 14.0. The lowest BCUT2D eigenvalue weighted by molar-refractivity contribution is -0.125. The van der Waals surface area contributed by atoms with E-state index in [4.69, 9.17) is 16.6 Å². The summed E-state index contributed by atoms with van der Waals surface area (Å²) in [4.78, 5) is 17.6. The number of aliphatic imine (C=N–C) groups is 1. The lowest BCUT2D eigenvalue weighted by Crippen LogP contribution is -2.52. The highest BCUT2D eigenvalue weighted by Crippen LogP contribution is 2.33. The smallest absolute Gasteiger partial charge is 0.229 e. The summed E-state index contributed by atoms with van der Waals surface area (Å²) in [5.74, 6) is 1.41. The van der Waals surface area contributed by atoms with E-state index in [1.807, 2.05) is 20.8 Å². The maximum Gasteiger partial charge on any atom is 0.229 e. The van der Waals surface area contributed by atoms with Gasteiger partial charge in [0.2, 0.25) is 5.91 Å². The molecule has 0 radical (unpaired) electrons. The Morgan fingerprint density at radius 2 is 1.77 bits per heavy atom. The Hall–Kier alpha value is -0.920. The molecule has 0 spiro atoms. The van der Waals surface area contributed by atoms with Crippen LogP contribution in [0.1, 0.15) is 79.1 Å². The third kappa shape index (κ3) is 6.79. The number of carbonyl (C=O) groups excluding carboxylic acids is 1. The molecule has 3 aliphatic rings. The minimum absolute atomic E-state index is 0.105. The van der Waals surface area contributed by atoms with Gasteiger partial charge in [-0.05, 0) is 64.7 Å². The minimum Gasteiger partial charge on any atom is -0.351 e. The normalized spacial score (nSPS) is 38.3. The van der Waals surface area contributed by atoms with Gasteiger partial charge in [-0.2, -0.15) is 0 Å². The van der Waals surface area contributed by atoms with Gasteiger partial charge in [0.25, 0.3) is 0 Å². The number of hydrogen-bond acceptors (Lipinski definition) is 4. The Balaban J connectivity index is 1.60. The van der Waals surface area contributed by atoms with Crippen LogP contribution in [0.25, 0.3) is 0 Å².